The topological polar surface area (TPSA) is 110 Å². The lowest BCUT2D eigenvalue weighted by molar-refractivity contribution is -0.119. The van der Waals surface area contributed by atoms with E-state index in [9.17, 15) is 14.9 Å². The van der Waals surface area contributed by atoms with E-state index >= 15 is 0 Å². The third-order valence-electron chi connectivity index (χ3n) is 4.10. The van der Waals surface area contributed by atoms with Crippen LogP contribution in [-0.4, -0.2) is 28.3 Å². The van der Waals surface area contributed by atoms with Crippen LogP contribution in [0.15, 0.2) is 28.7 Å². The van der Waals surface area contributed by atoms with Gasteiger partial charge in [0.25, 0.3) is 5.91 Å². The van der Waals surface area contributed by atoms with Crippen molar-refractivity contribution in [3.63, 3.8) is 0 Å². The maximum atomic E-state index is 12.4. The fourth-order valence-electron chi connectivity index (χ4n) is 2.88. The molecule has 0 atom stereocenters. The number of anilines is 1. The number of amides is 1. The summed E-state index contributed by atoms with van der Waals surface area (Å²) in [5.74, 6) is -1.08. The van der Waals surface area contributed by atoms with Gasteiger partial charge in [0.05, 0.1) is 5.69 Å². The van der Waals surface area contributed by atoms with E-state index in [0.29, 0.717) is 29.1 Å². The minimum absolute atomic E-state index is 0.0280. The first-order chi connectivity index (χ1) is 13.8. The van der Waals surface area contributed by atoms with Crippen LogP contribution in [0, 0.1) is 24.2 Å². The summed E-state index contributed by atoms with van der Waals surface area (Å²) in [5, 5.41) is 16.8. The van der Waals surface area contributed by atoms with Crippen molar-refractivity contribution in [3.05, 3.63) is 46.4 Å². The van der Waals surface area contributed by atoms with Gasteiger partial charge in [0.15, 0.2) is 6.61 Å². The summed E-state index contributed by atoms with van der Waals surface area (Å²) >= 11 is 6.25. The third-order valence-corrected chi connectivity index (χ3v) is 4.49. The molecule has 0 radical (unpaired) electrons. The van der Waals surface area contributed by atoms with Crippen LogP contribution in [0.5, 0.6) is 0 Å². The van der Waals surface area contributed by atoms with Gasteiger partial charge in [0.2, 0.25) is 5.76 Å². The molecule has 0 spiro atoms. The Morgan fingerprint density at radius 2 is 2.10 bits per heavy atom. The number of ether oxygens (including phenoxy) is 1. The van der Waals surface area contributed by atoms with Gasteiger partial charge in [-0.1, -0.05) is 37.6 Å². The normalized spacial score (nSPS) is 10.9. The molecule has 150 valence electrons. The Morgan fingerprint density at radius 3 is 2.79 bits per heavy atom. The first-order valence-corrected chi connectivity index (χ1v) is 9.31. The van der Waals surface area contributed by atoms with E-state index in [1.807, 2.05) is 19.9 Å². The van der Waals surface area contributed by atoms with Gasteiger partial charge >= 0.3 is 5.97 Å². The number of carbonyl (C=O) groups excluding carboxylic acids is 2. The molecule has 9 heteroatoms. The Balaban J connectivity index is 1.70. The Hall–Kier alpha value is -3.31. The molecule has 0 fully saturated rings. The minimum atomic E-state index is -0.741. The molecule has 8 nitrogen and oxygen atoms in total. The number of carbonyl (C=O) groups is 2. The van der Waals surface area contributed by atoms with Crippen molar-refractivity contribution >= 4 is 40.1 Å². The van der Waals surface area contributed by atoms with Gasteiger partial charge in [0.1, 0.15) is 28.1 Å². The number of nitrogens with zero attached hydrogens (tertiary/aromatic N) is 3. The number of esters is 1. The lowest BCUT2D eigenvalue weighted by Gasteiger charge is -2.07. The van der Waals surface area contributed by atoms with Crippen molar-refractivity contribution in [2.45, 2.75) is 27.3 Å². The van der Waals surface area contributed by atoms with E-state index in [1.165, 1.54) is 4.68 Å². The molecule has 0 saturated heterocycles. The molecule has 0 aliphatic rings. The van der Waals surface area contributed by atoms with Crippen LogP contribution in [0.25, 0.3) is 11.0 Å². The zero-order valence-electron chi connectivity index (χ0n) is 16.2. The van der Waals surface area contributed by atoms with Crippen LogP contribution >= 0.6 is 11.6 Å². The molecule has 2 aromatic heterocycles. The second-order valence-corrected chi connectivity index (χ2v) is 7.22. The Kier molecular flexibility index (Phi) is 5.89. The molecular formula is C20H19ClN4O4. The summed E-state index contributed by atoms with van der Waals surface area (Å²) in [6.07, 6.45) is 0. The molecule has 0 aliphatic heterocycles. The van der Waals surface area contributed by atoms with E-state index in [-0.39, 0.29) is 22.2 Å². The third kappa shape index (κ3) is 4.25. The highest BCUT2D eigenvalue weighted by atomic mass is 35.5. The molecule has 1 N–H and O–H groups in total. The number of hydrogen-bond donors (Lipinski definition) is 1. The Bertz CT molecular complexity index is 1120. The number of para-hydroxylation sites is 1. The van der Waals surface area contributed by atoms with Crippen molar-refractivity contribution < 1.29 is 18.7 Å². The number of aromatic nitrogens is 2. The maximum absolute atomic E-state index is 12.4. The van der Waals surface area contributed by atoms with Gasteiger partial charge in [-0.2, -0.15) is 10.4 Å². The number of furan rings is 1. The number of nitrogens with one attached hydrogen (secondary N) is 1. The van der Waals surface area contributed by atoms with Crippen molar-refractivity contribution in [1.29, 1.82) is 5.26 Å². The SMILES string of the molecule is Cc1nn(CC(C)C)c(Cl)c1C(=O)OCC(=O)Nc1c(C#N)oc2ccccc12. The van der Waals surface area contributed by atoms with E-state index in [1.54, 1.807) is 31.2 Å². The monoisotopic (exact) mass is 414 g/mol. The van der Waals surface area contributed by atoms with Crippen LogP contribution in [-0.2, 0) is 16.1 Å². The minimum Gasteiger partial charge on any atom is -0.452 e. The summed E-state index contributed by atoms with van der Waals surface area (Å²) < 4.78 is 12.0. The summed E-state index contributed by atoms with van der Waals surface area (Å²) in [7, 11) is 0. The molecule has 0 saturated carbocycles. The second-order valence-electron chi connectivity index (χ2n) is 6.87. The van der Waals surface area contributed by atoms with Gasteiger partial charge in [-0.25, -0.2) is 4.79 Å². The molecule has 0 aliphatic carbocycles. The fourth-order valence-corrected chi connectivity index (χ4v) is 3.20. The second kappa shape index (κ2) is 8.37. The zero-order valence-corrected chi connectivity index (χ0v) is 16.9. The van der Waals surface area contributed by atoms with E-state index < -0.39 is 18.5 Å². The molecule has 29 heavy (non-hydrogen) atoms. The van der Waals surface area contributed by atoms with Crippen LogP contribution < -0.4 is 5.32 Å². The predicted octanol–water partition coefficient (Wildman–Crippen LogP) is 3.91. The molecule has 2 heterocycles. The number of fused-ring (bicyclic) bond motifs is 1. The number of benzene rings is 1. The van der Waals surface area contributed by atoms with Gasteiger partial charge in [0, 0.05) is 11.9 Å². The standard InChI is InChI=1S/C20H19ClN4O4/c1-11(2)9-25-19(21)17(12(3)24-25)20(27)28-10-16(26)23-18-13-6-4-5-7-14(13)29-15(18)8-22/h4-7,11H,9-10H2,1-3H3,(H,23,26). The Morgan fingerprint density at radius 1 is 1.38 bits per heavy atom. The van der Waals surface area contributed by atoms with Crippen molar-refractivity contribution in [3.8, 4) is 6.07 Å². The molecule has 3 aromatic rings. The van der Waals surface area contributed by atoms with Gasteiger partial charge < -0.3 is 14.5 Å². The first kappa shape index (κ1) is 20.4. The number of rotatable bonds is 6. The quantitative estimate of drug-likeness (QED) is 0.612. The predicted molar refractivity (Wildman–Crippen MR) is 107 cm³/mol. The zero-order chi connectivity index (χ0) is 21.1. The van der Waals surface area contributed by atoms with Crippen LogP contribution in [0.4, 0.5) is 5.69 Å². The van der Waals surface area contributed by atoms with Crippen LogP contribution in [0.3, 0.4) is 0 Å². The largest absolute Gasteiger partial charge is 0.452 e. The van der Waals surface area contributed by atoms with Gasteiger partial charge in [-0.3, -0.25) is 9.48 Å². The molecule has 1 amide bonds. The number of nitriles is 1. The molecule has 1 aromatic carbocycles. The number of halogens is 1. The average Bonchev–Trinajstić information content (AvgIpc) is 3.16. The molecule has 0 bridgehead atoms. The maximum Gasteiger partial charge on any atom is 0.343 e. The van der Waals surface area contributed by atoms with Crippen molar-refractivity contribution in [2.24, 2.45) is 5.92 Å². The van der Waals surface area contributed by atoms with Crippen molar-refractivity contribution in [2.75, 3.05) is 11.9 Å². The highest BCUT2D eigenvalue weighted by molar-refractivity contribution is 6.32. The highest BCUT2D eigenvalue weighted by Crippen LogP contribution is 2.30. The lowest BCUT2D eigenvalue weighted by atomic mass is 10.2. The average molecular weight is 415 g/mol. The van der Waals surface area contributed by atoms with E-state index in [4.69, 9.17) is 20.8 Å². The van der Waals surface area contributed by atoms with Crippen LogP contribution in [0.2, 0.25) is 5.15 Å². The molecule has 0 unspecified atom stereocenters. The summed E-state index contributed by atoms with van der Waals surface area (Å²) in [5.41, 5.74) is 1.26. The van der Waals surface area contributed by atoms with E-state index in [0.717, 1.165) is 0 Å². The number of aryl methyl sites for hydroxylation is 1. The van der Waals surface area contributed by atoms with Gasteiger partial charge in [-0.15, -0.1) is 0 Å². The Labute approximate surface area is 172 Å². The summed E-state index contributed by atoms with van der Waals surface area (Å²) in [6, 6.07) is 8.81. The van der Waals surface area contributed by atoms with Crippen molar-refractivity contribution in [1.82, 2.24) is 9.78 Å². The fraction of sp³-hybridized carbons (Fsp3) is 0.300. The number of hydrogen-bond acceptors (Lipinski definition) is 6. The molecular weight excluding hydrogens is 396 g/mol. The smallest absolute Gasteiger partial charge is 0.343 e. The summed E-state index contributed by atoms with van der Waals surface area (Å²) in [4.78, 5) is 24.7. The van der Waals surface area contributed by atoms with Crippen LogP contribution in [0.1, 0.15) is 35.7 Å². The summed E-state index contributed by atoms with van der Waals surface area (Å²) in [6.45, 7) is 5.66. The van der Waals surface area contributed by atoms with E-state index in [2.05, 4.69) is 10.4 Å². The van der Waals surface area contributed by atoms with Gasteiger partial charge in [-0.05, 0) is 25.0 Å². The first-order valence-electron chi connectivity index (χ1n) is 8.93. The lowest BCUT2D eigenvalue weighted by Crippen LogP contribution is -2.21. The molecule has 3 rings (SSSR count). The highest BCUT2D eigenvalue weighted by Gasteiger charge is 2.23.